The number of nitrogens with zero attached hydrogens (tertiary/aromatic N) is 1. The highest BCUT2D eigenvalue weighted by atomic mass is 32.2. The van der Waals surface area contributed by atoms with E-state index in [1.165, 1.54) is 24.2 Å². The molecule has 2 nitrogen and oxygen atoms in total. The highest BCUT2D eigenvalue weighted by molar-refractivity contribution is 8.17. The minimum atomic E-state index is 0.0602. The second-order valence-corrected chi connectivity index (χ2v) is 5.32. The first-order valence-electron chi connectivity index (χ1n) is 4.84. The van der Waals surface area contributed by atoms with Crippen molar-refractivity contribution in [2.75, 3.05) is 0 Å². The Morgan fingerprint density at radius 2 is 2.38 bits per heavy atom. The molecular formula is C10H16N2S. The molecule has 1 fully saturated rings. The Balaban J connectivity index is 2.33. The van der Waals surface area contributed by atoms with Gasteiger partial charge >= 0.3 is 0 Å². The lowest BCUT2D eigenvalue weighted by molar-refractivity contribution is 0.250. The zero-order valence-electron chi connectivity index (χ0n) is 8.05. The molecule has 1 heterocycles. The van der Waals surface area contributed by atoms with Crippen LogP contribution in [0.4, 0.5) is 0 Å². The van der Waals surface area contributed by atoms with Gasteiger partial charge < -0.3 is 5.73 Å². The molecule has 0 radical (unpaired) electrons. The summed E-state index contributed by atoms with van der Waals surface area (Å²) in [6.07, 6.45) is 4.99. The number of thioether (sulfide) groups is 1. The van der Waals surface area contributed by atoms with Crippen LogP contribution in [0, 0.1) is 5.92 Å². The van der Waals surface area contributed by atoms with E-state index < -0.39 is 0 Å². The SMILES string of the molecule is C=C1SC(N)=NC2(C)CCCCC12. The molecule has 13 heavy (non-hydrogen) atoms. The quantitative estimate of drug-likeness (QED) is 0.646. The summed E-state index contributed by atoms with van der Waals surface area (Å²) in [7, 11) is 0. The van der Waals surface area contributed by atoms with Crippen molar-refractivity contribution < 1.29 is 0 Å². The van der Waals surface area contributed by atoms with E-state index in [4.69, 9.17) is 5.73 Å². The van der Waals surface area contributed by atoms with Gasteiger partial charge in [0.1, 0.15) is 0 Å². The van der Waals surface area contributed by atoms with E-state index in [-0.39, 0.29) is 5.54 Å². The van der Waals surface area contributed by atoms with Crippen molar-refractivity contribution in [2.45, 2.75) is 38.1 Å². The van der Waals surface area contributed by atoms with Gasteiger partial charge in [-0.05, 0) is 24.7 Å². The highest BCUT2D eigenvalue weighted by Gasteiger charge is 2.41. The molecule has 0 amide bonds. The van der Waals surface area contributed by atoms with Crippen molar-refractivity contribution >= 4 is 16.9 Å². The summed E-state index contributed by atoms with van der Waals surface area (Å²) in [4.78, 5) is 5.80. The van der Waals surface area contributed by atoms with Crippen LogP contribution in [0.1, 0.15) is 32.6 Å². The molecule has 72 valence electrons. The van der Waals surface area contributed by atoms with Gasteiger partial charge in [0.2, 0.25) is 0 Å². The fourth-order valence-corrected chi connectivity index (χ4v) is 3.47. The Morgan fingerprint density at radius 3 is 3.15 bits per heavy atom. The molecule has 0 saturated heterocycles. The topological polar surface area (TPSA) is 38.4 Å². The average Bonchev–Trinajstić information content (AvgIpc) is 2.01. The molecular weight excluding hydrogens is 180 g/mol. The zero-order chi connectivity index (χ0) is 9.47. The van der Waals surface area contributed by atoms with Crippen LogP contribution in [0.15, 0.2) is 16.5 Å². The Kier molecular flexibility index (Phi) is 2.14. The van der Waals surface area contributed by atoms with E-state index in [2.05, 4.69) is 18.5 Å². The van der Waals surface area contributed by atoms with Crippen LogP contribution in [0.25, 0.3) is 0 Å². The molecule has 0 aromatic rings. The molecule has 3 heteroatoms. The van der Waals surface area contributed by atoms with E-state index in [1.807, 2.05) is 0 Å². The van der Waals surface area contributed by atoms with Gasteiger partial charge in [-0.15, -0.1) is 0 Å². The van der Waals surface area contributed by atoms with Gasteiger partial charge in [-0.2, -0.15) is 0 Å². The predicted molar refractivity (Wildman–Crippen MR) is 58.7 cm³/mol. The molecule has 0 aromatic heterocycles. The Morgan fingerprint density at radius 1 is 1.62 bits per heavy atom. The summed E-state index contributed by atoms with van der Waals surface area (Å²) >= 11 is 1.56. The summed E-state index contributed by atoms with van der Waals surface area (Å²) in [5, 5.41) is 0.700. The van der Waals surface area contributed by atoms with E-state index in [0.717, 1.165) is 6.42 Å². The van der Waals surface area contributed by atoms with Crippen LogP contribution in [-0.4, -0.2) is 10.7 Å². The minimum Gasteiger partial charge on any atom is -0.378 e. The molecule has 1 aliphatic carbocycles. The maximum atomic E-state index is 5.77. The smallest absolute Gasteiger partial charge is 0.159 e. The summed E-state index contributed by atoms with van der Waals surface area (Å²) in [6.45, 7) is 6.31. The van der Waals surface area contributed by atoms with E-state index in [1.54, 1.807) is 11.8 Å². The number of amidine groups is 1. The van der Waals surface area contributed by atoms with Crippen LogP contribution in [0.3, 0.4) is 0 Å². The lowest BCUT2D eigenvalue weighted by atomic mass is 9.74. The maximum absolute atomic E-state index is 5.77. The third-order valence-electron chi connectivity index (χ3n) is 3.17. The van der Waals surface area contributed by atoms with Crippen molar-refractivity contribution in [3.05, 3.63) is 11.5 Å². The number of rotatable bonds is 0. The molecule has 0 bridgehead atoms. The Labute approximate surface area is 83.7 Å². The lowest BCUT2D eigenvalue weighted by Crippen LogP contribution is -2.41. The third kappa shape index (κ3) is 1.50. The van der Waals surface area contributed by atoms with Crippen molar-refractivity contribution in [3.63, 3.8) is 0 Å². The molecule has 2 atom stereocenters. The fraction of sp³-hybridized carbons (Fsp3) is 0.700. The molecule has 0 spiro atoms. The second kappa shape index (κ2) is 3.05. The standard InChI is InChI=1S/C10H16N2S/c1-7-8-5-3-4-6-10(8,2)12-9(11)13-7/h8H,1,3-6H2,2H3,(H2,11,12). The number of hydrogen-bond acceptors (Lipinski definition) is 3. The van der Waals surface area contributed by atoms with Crippen molar-refractivity contribution in [1.82, 2.24) is 0 Å². The van der Waals surface area contributed by atoms with E-state index in [0.29, 0.717) is 11.1 Å². The normalized spacial score (nSPS) is 39.6. The largest absolute Gasteiger partial charge is 0.378 e. The van der Waals surface area contributed by atoms with Crippen molar-refractivity contribution in [1.29, 1.82) is 0 Å². The van der Waals surface area contributed by atoms with Gasteiger partial charge in [-0.25, -0.2) is 0 Å². The van der Waals surface area contributed by atoms with Gasteiger partial charge in [-0.1, -0.05) is 31.2 Å². The minimum absolute atomic E-state index is 0.0602. The first kappa shape index (κ1) is 9.13. The third-order valence-corrected chi connectivity index (χ3v) is 4.01. The Hall–Kier alpha value is -0.440. The number of hydrogen-bond donors (Lipinski definition) is 1. The fourth-order valence-electron chi connectivity index (χ4n) is 2.44. The van der Waals surface area contributed by atoms with Gasteiger partial charge in [0.05, 0.1) is 5.54 Å². The predicted octanol–water partition coefficient (Wildman–Crippen LogP) is 2.51. The van der Waals surface area contributed by atoms with Gasteiger partial charge in [0, 0.05) is 5.92 Å². The van der Waals surface area contributed by atoms with Crippen LogP contribution >= 0.6 is 11.8 Å². The summed E-state index contributed by atoms with van der Waals surface area (Å²) in [6, 6.07) is 0. The maximum Gasteiger partial charge on any atom is 0.159 e. The van der Waals surface area contributed by atoms with E-state index in [9.17, 15) is 0 Å². The van der Waals surface area contributed by atoms with Crippen LogP contribution in [0.2, 0.25) is 0 Å². The van der Waals surface area contributed by atoms with Gasteiger partial charge in [0.25, 0.3) is 0 Å². The molecule has 1 saturated carbocycles. The van der Waals surface area contributed by atoms with E-state index >= 15 is 0 Å². The molecule has 2 unspecified atom stereocenters. The zero-order valence-corrected chi connectivity index (χ0v) is 8.86. The molecule has 1 aliphatic heterocycles. The average molecular weight is 196 g/mol. The molecule has 2 rings (SSSR count). The lowest BCUT2D eigenvalue weighted by Gasteiger charge is -2.42. The highest BCUT2D eigenvalue weighted by Crippen LogP contribution is 2.46. The van der Waals surface area contributed by atoms with Gasteiger partial charge in [0.15, 0.2) is 5.17 Å². The first-order valence-corrected chi connectivity index (χ1v) is 5.65. The molecule has 2 aliphatic rings. The number of fused-ring (bicyclic) bond motifs is 1. The van der Waals surface area contributed by atoms with Crippen LogP contribution < -0.4 is 5.73 Å². The van der Waals surface area contributed by atoms with Crippen molar-refractivity contribution in [3.8, 4) is 0 Å². The monoisotopic (exact) mass is 196 g/mol. The van der Waals surface area contributed by atoms with Gasteiger partial charge in [-0.3, -0.25) is 4.99 Å². The summed E-state index contributed by atoms with van der Waals surface area (Å²) < 4.78 is 0. The molecule has 0 aromatic carbocycles. The van der Waals surface area contributed by atoms with Crippen molar-refractivity contribution in [2.24, 2.45) is 16.6 Å². The Bertz CT molecular complexity index is 272. The van der Waals surface area contributed by atoms with Crippen LogP contribution in [0.5, 0.6) is 0 Å². The molecule has 2 N–H and O–H groups in total. The second-order valence-electron chi connectivity index (χ2n) is 4.17. The number of nitrogens with two attached hydrogens (primary N) is 1. The van der Waals surface area contributed by atoms with Crippen LogP contribution in [-0.2, 0) is 0 Å². The summed E-state index contributed by atoms with van der Waals surface area (Å²) in [5.74, 6) is 0.554. The summed E-state index contributed by atoms with van der Waals surface area (Å²) in [5.41, 5.74) is 5.83. The number of aliphatic imine (C=N–C) groups is 1. The first-order chi connectivity index (χ1) is 6.12.